The van der Waals surface area contributed by atoms with Gasteiger partial charge in [-0.25, -0.2) is 0 Å². The first-order chi connectivity index (χ1) is 8.49. The van der Waals surface area contributed by atoms with Gasteiger partial charge in [-0.15, -0.1) is 0 Å². The number of aryl methyl sites for hydroxylation is 2. The minimum atomic E-state index is -0.434. The standard InChI is InChI=1S/C12H12ClN3O2/c1-7-4-15-9(5-14-7)6-16-8(2)3-10(17)11(13)12(16)18/h3-5,17H,6H2,1-2H3. The van der Waals surface area contributed by atoms with E-state index < -0.39 is 5.56 Å². The van der Waals surface area contributed by atoms with Crippen LogP contribution in [0.1, 0.15) is 17.1 Å². The Balaban J connectivity index is 2.44. The van der Waals surface area contributed by atoms with Crippen molar-refractivity contribution < 1.29 is 5.11 Å². The van der Waals surface area contributed by atoms with Gasteiger partial charge in [0.25, 0.3) is 5.56 Å². The van der Waals surface area contributed by atoms with E-state index in [0.717, 1.165) is 5.69 Å². The van der Waals surface area contributed by atoms with Crippen molar-refractivity contribution in [1.29, 1.82) is 0 Å². The van der Waals surface area contributed by atoms with Crippen LogP contribution in [0, 0.1) is 13.8 Å². The number of aromatic hydroxyl groups is 1. The van der Waals surface area contributed by atoms with Gasteiger partial charge in [0, 0.05) is 18.0 Å². The maximum Gasteiger partial charge on any atom is 0.273 e. The molecule has 0 amide bonds. The van der Waals surface area contributed by atoms with Gasteiger partial charge in [-0.05, 0) is 13.8 Å². The van der Waals surface area contributed by atoms with Gasteiger partial charge < -0.3 is 9.67 Å². The molecule has 0 aliphatic rings. The number of hydrogen-bond donors (Lipinski definition) is 1. The summed E-state index contributed by atoms with van der Waals surface area (Å²) in [6.07, 6.45) is 3.25. The fourth-order valence-electron chi connectivity index (χ4n) is 1.59. The molecule has 94 valence electrons. The molecule has 6 heteroatoms. The molecule has 5 nitrogen and oxygen atoms in total. The molecule has 0 aliphatic carbocycles. The minimum Gasteiger partial charge on any atom is -0.506 e. The Morgan fingerprint density at radius 2 is 2.06 bits per heavy atom. The van der Waals surface area contributed by atoms with Crippen molar-refractivity contribution in [2.24, 2.45) is 0 Å². The molecule has 0 saturated heterocycles. The molecule has 2 heterocycles. The number of halogens is 1. The van der Waals surface area contributed by atoms with Crippen molar-refractivity contribution in [2.45, 2.75) is 20.4 Å². The van der Waals surface area contributed by atoms with E-state index in [2.05, 4.69) is 9.97 Å². The predicted molar refractivity (Wildman–Crippen MR) is 68.0 cm³/mol. The lowest BCUT2D eigenvalue weighted by Gasteiger charge is -2.10. The predicted octanol–water partition coefficient (Wildman–Crippen LogP) is 1.66. The summed E-state index contributed by atoms with van der Waals surface area (Å²) in [7, 11) is 0. The SMILES string of the molecule is Cc1cnc(Cn2c(C)cc(O)c(Cl)c2=O)cn1. The van der Waals surface area contributed by atoms with Gasteiger partial charge >= 0.3 is 0 Å². The smallest absolute Gasteiger partial charge is 0.273 e. The molecule has 2 rings (SSSR count). The van der Waals surface area contributed by atoms with E-state index in [1.54, 1.807) is 19.3 Å². The molecule has 18 heavy (non-hydrogen) atoms. The Bertz CT molecular complexity index is 635. The number of pyridine rings is 1. The zero-order valence-corrected chi connectivity index (χ0v) is 10.8. The van der Waals surface area contributed by atoms with E-state index in [1.807, 2.05) is 6.92 Å². The van der Waals surface area contributed by atoms with Gasteiger partial charge in [0.05, 0.1) is 24.1 Å². The fraction of sp³-hybridized carbons (Fsp3) is 0.250. The van der Waals surface area contributed by atoms with Crippen LogP contribution >= 0.6 is 11.6 Å². The third-order valence-corrected chi connectivity index (χ3v) is 2.94. The van der Waals surface area contributed by atoms with E-state index in [-0.39, 0.29) is 17.3 Å². The van der Waals surface area contributed by atoms with E-state index in [0.29, 0.717) is 11.4 Å². The molecule has 0 saturated carbocycles. The highest BCUT2D eigenvalue weighted by atomic mass is 35.5. The largest absolute Gasteiger partial charge is 0.506 e. The van der Waals surface area contributed by atoms with Gasteiger partial charge in [-0.2, -0.15) is 0 Å². The van der Waals surface area contributed by atoms with Gasteiger partial charge in [0.15, 0.2) is 0 Å². The Hall–Kier alpha value is -1.88. The molecule has 0 aliphatic heterocycles. The third kappa shape index (κ3) is 2.36. The first-order valence-corrected chi connectivity index (χ1v) is 5.73. The number of hydrogen-bond acceptors (Lipinski definition) is 4. The molecule has 2 aromatic heterocycles. The summed E-state index contributed by atoms with van der Waals surface area (Å²) in [5, 5.41) is 9.25. The van der Waals surface area contributed by atoms with Crippen molar-refractivity contribution >= 4 is 11.6 Å². The van der Waals surface area contributed by atoms with Gasteiger partial charge in [0.2, 0.25) is 0 Å². The van der Waals surface area contributed by atoms with Crippen LogP contribution in [0.15, 0.2) is 23.3 Å². The highest BCUT2D eigenvalue weighted by Crippen LogP contribution is 2.19. The van der Waals surface area contributed by atoms with E-state index in [9.17, 15) is 9.90 Å². The molecule has 0 atom stereocenters. The van der Waals surface area contributed by atoms with Crippen molar-refractivity contribution in [2.75, 3.05) is 0 Å². The Labute approximate surface area is 109 Å². The quantitative estimate of drug-likeness (QED) is 0.897. The Kier molecular flexibility index (Phi) is 3.34. The first kappa shape index (κ1) is 12.6. The second kappa shape index (κ2) is 4.78. The molecule has 0 radical (unpaired) electrons. The van der Waals surface area contributed by atoms with Crippen LogP contribution in [0.3, 0.4) is 0 Å². The van der Waals surface area contributed by atoms with Crippen LogP contribution < -0.4 is 5.56 Å². The summed E-state index contributed by atoms with van der Waals surface area (Å²) in [4.78, 5) is 20.2. The molecule has 0 bridgehead atoms. The number of aromatic nitrogens is 3. The maximum atomic E-state index is 11.9. The average Bonchev–Trinajstić information content (AvgIpc) is 2.34. The maximum absolute atomic E-state index is 11.9. The lowest BCUT2D eigenvalue weighted by molar-refractivity contribution is 0.470. The van der Waals surface area contributed by atoms with E-state index >= 15 is 0 Å². The summed E-state index contributed by atoms with van der Waals surface area (Å²) in [5.74, 6) is -0.203. The van der Waals surface area contributed by atoms with Crippen LogP contribution in [-0.2, 0) is 6.54 Å². The summed E-state index contributed by atoms with van der Waals surface area (Å²) in [6, 6.07) is 1.45. The molecule has 0 unspecified atom stereocenters. The average molecular weight is 266 g/mol. The molecular weight excluding hydrogens is 254 g/mol. The Morgan fingerprint density at radius 1 is 1.33 bits per heavy atom. The number of rotatable bonds is 2. The lowest BCUT2D eigenvalue weighted by atomic mass is 10.3. The van der Waals surface area contributed by atoms with Gasteiger partial charge in [0.1, 0.15) is 10.8 Å². The summed E-state index contributed by atoms with van der Waals surface area (Å²) in [5.41, 5.74) is 1.65. The normalized spacial score (nSPS) is 10.6. The summed E-state index contributed by atoms with van der Waals surface area (Å²) in [6.45, 7) is 3.84. The second-order valence-electron chi connectivity index (χ2n) is 4.03. The summed E-state index contributed by atoms with van der Waals surface area (Å²) >= 11 is 5.73. The van der Waals surface area contributed by atoms with Crippen molar-refractivity contribution in [3.63, 3.8) is 0 Å². The second-order valence-corrected chi connectivity index (χ2v) is 4.40. The zero-order valence-electron chi connectivity index (χ0n) is 10.0. The molecule has 2 aromatic rings. The first-order valence-electron chi connectivity index (χ1n) is 5.35. The van der Waals surface area contributed by atoms with Crippen molar-refractivity contribution in [1.82, 2.24) is 14.5 Å². The zero-order chi connectivity index (χ0) is 13.3. The molecule has 0 spiro atoms. The fourth-order valence-corrected chi connectivity index (χ4v) is 1.74. The number of nitrogens with zero attached hydrogens (tertiary/aromatic N) is 3. The van der Waals surface area contributed by atoms with Crippen molar-refractivity contribution in [3.05, 3.63) is 50.9 Å². The molecule has 0 fully saturated rings. The van der Waals surface area contributed by atoms with E-state index in [4.69, 9.17) is 11.6 Å². The minimum absolute atomic E-state index is 0.180. The van der Waals surface area contributed by atoms with Crippen LogP contribution in [0.5, 0.6) is 5.75 Å². The van der Waals surface area contributed by atoms with Crippen molar-refractivity contribution in [3.8, 4) is 5.75 Å². The van der Waals surface area contributed by atoms with E-state index in [1.165, 1.54) is 10.6 Å². The van der Waals surface area contributed by atoms with Crippen LogP contribution in [0.2, 0.25) is 5.02 Å². The molecular formula is C12H12ClN3O2. The third-order valence-electron chi connectivity index (χ3n) is 2.58. The molecule has 0 aromatic carbocycles. The van der Waals surface area contributed by atoms with Gasteiger partial charge in [-0.3, -0.25) is 14.8 Å². The summed E-state index contributed by atoms with van der Waals surface area (Å²) < 4.78 is 1.45. The molecule has 1 N–H and O–H groups in total. The highest BCUT2D eigenvalue weighted by molar-refractivity contribution is 6.31. The topological polar surface area (TPSA) is 68.0 Å². The lowest BCUT2D eigenvalue weighted by Crippen LogP contribution is -2.23. The van der Waals surface area contributed by atoms with Crippen LogP contribution in [0.4, 0.5) is 0 Å². The Morgan fingerprint density at radius 3 is 2.67 bits per heavy atom. The van der Waals surface area contributed by atoms with Crippen LogP contribution in [-0.4, -0.2) is 19.6 Å². The highest BCUT2D eigenvalue weighted by Gasteiger charge is 2.11. The van der Waals surface area contributed by atoms with Gasteiger partial charge in [-0.1, -0.05) is 11.6 Å². The van der Waals surface area contributed by atoms with Crippen LogP contribution in [0.25, 0.3) is 0 Å². The monoisotopic (exact) mass is 265 g/mol.